The third-order valence-electron chi connectivity index (χ3n) is 1.63. The van der Waals surface area contributed by atoms with Crippen LogP contribution < -0.4 is 5.73 Å². The van der Waals surface area contributed by atoms with Gasteiger partial charge < -0.3 is 5.73 Å². The van der Waals surface area contributed by atoms with Gasteiger partial charge in [-0.05, 0) is 12.5 Å². The third-order valence-corrected chi connectivity index (χ3v) is 1.94. The van der Waals surface area contributed by atoms with E-state index in [1.54, 1.807) is 6.20 Å². The van der Waals surface area contributed by atoms with Crippen molar-refractivity contribution in [3.8, 4) is 0 Å². The molecule has 0 amide bonds. The fourth-order valence-electron chi connectivity index (χ4n) is 0.895. The molecule has 0 spiro atoms. The summed E-state index contributed by atoms with van der Waals surface area (Å²) < 4.78 is 0. The summed E-state index contributed by atoms with van der Waals surface area (Å²) in [4.78, 5) is 3.93. The molecule has 1 atom stereocenters. The number of halogens is 1. The summed E-state index contributed by atoms with van der Waals surface area (Å²) in [6.45, 7) is 2.02. The standard InChI is InChI=1S/C8H11ClN2/c1-2-7(10)6-4-3-5-11-8(6)9/h3-5,7H,2,10H2,1H3. The van der Waals surface area contributed by atoms with E-state index < -0.39 is 0 Å². The Balaban J connectivity index is 2.93. The first-order chi connectivity index (χ1) is 5.25. The molecule has 2 nitrogen and oxygen atoms in total. The summed E-state index contributed by atoms with van der Waals surface area (Å²) in [5.74, 6) is 0. The molecule has 2 N–H and O–H groups in total. The van der Waals surface area contributed by atoms with Crippen LogP contribution >= 0.6 is 11.6 Å². The molecule has 0 fully saturated rings. The fraction of sp³-hybridized carbons (Fsp3) is 0.375. The quantitative estimate of drug-likeness (QED) is 0.691. The van der Waals surface area contributed by atoms with E-state index in [1.165, 1.54) is 0 Å². The normalized spacial score (nSPS) is 13.0. The van der Waals surface area contributed by atoms with Crippen molar-refractivity contribution in [3.63, 3.8) is 0 Å². The van der Waals surface area contributed by atoms with Crippen molar-refractivity contribution >= 4 is 11.6 Å². The number of aromatic nitrogens is 1. The van der Waals surface area contributed by atoms with E-state index >= 15 is 0 Å². The maximum atomic E-state index is 5.81. The third kappa shape index (κ3) is 1.91. The van der Waals surface area contributed by atoms with Crippen LogP contribution in [-0.2, 0) is 0 Å². The van der Waals surface area contributed by atoms with Crippen LogP contribution in [0.25, 0.3) is 0 Å². The zero-order valence-corrected chi connectivity index (χ0v) is 7.17. The molecule has 0 radical (unpaired) electrons. The van der Waals surface area contributed by atoms with Crippen LogP contribution in [0.1, 0.15) is 24.9 Å². The van der Waals surface area contributed by atoms with Crippen molar-refractivity contribution in [1.82, 2.24) is 4.98 Å². The average molecular weight is 171 g/mol. The second-order valence-corrected chi connectivity index (χ2v) is 2.76. The Labute approximate surface area is 71.4 Å². The number of nitrogens with zero attached hydrogens (tertiary/aromatic N) is 1. The van der Waals surface area contributed by atoms with Gasteiger partial charge in [-0.15, -0.1) is 0 Å². The van der Waals surface area contributed by atoms with E-state index in [4.69, 9.17) is 17.3 Å². The molecule has 0 saturated heterocycles. The number of hydrogen-bond acceptors (Lipinski definition) is 2. The highest BCUT2D eigenvalue weighted by Gasteiger charge is 2.06. The number of rotatable bonds is 2. The van der Waals surface area contributed by atoms with Gasteiger partial charge in [0.25, 0.3) is 0 Å². The van der Waals surface area contributed by atoms with Gasteiger partial charge in [0, 0.05) is 17.8 Å². The van der Waals surface area contributed by atoms with Gasteiger partial charge in [0.15, 0.2) is 0 Å². The lowest BCUT2D eigenvalue weighted by Gasteiger charge is -2.08. The second-order valence-electron chi connectivity index (χ2n) is 2.40. The summed E-state index contributed by atoms with van der Waals surface area (Å²) in [6.07, 6.45) is 2.54. The minimum absolute atomic E-state index is 0.0104. The Bertz CT molecular complexity index is 237. The summed E-state index contributed by atoms with van der Waals surface area (Å²) in [5, 5.41) is 0.516. The molecule has 0 aliphatic heterocycles. The van der Waals surface area contributed by atoms with E-state index in [1.807, 2.05) is 19.1 Å². The Morgan fingerprint density at radius 1 is 1.73 bits per heavy atom. The largest absolute Gasteiger partial charge is 0.324 e. The smallest absolute Gasteiger partial charge is 0.133 e. The average Bonchev–Trinajstić information content (AvgIpc) is 2.04. The molecule has 0 aliphatic rings. The molecule has 0 aromatic carbocycles. The van der Waals surface area contributed by atoms with E-state index in [0.717, 1.165) is 12.0 Å². The van der Waals surface area contributed by atoms with E-state index in [-0.39, 0.29) is 6.04 Å². The second kappa shape index (κ2) is 3.69. The molecular formula is C8H11ClN2. The molecule has 0 aliphatic carbocycles. The van der Waals surface area contributed by atoms with Crippen molar-refractivity contribution in [1.29, 1.82) is 0 Å². The Morgan fingerprint density at radius 2 is 2.45 bits per heavy atom. The highest BCUT2D eigenvalue weighted by Crippen LogP contribution is 2.19. The first kappa shape index (κ1) is 8.50. The molecule has 3 heteroatoms. The molecule has 1 unspecified atom stereocenters. The summed E-state index contributed by atoms with van der Waals surface area (Å²) in [7, 11) is 0. The molecule has 1 heterocycles. The van der Waals surface area contributed by atoms with Crippen LogP contribution in [0.15, 0.2) is 18.3 Å². The van der Waals surface area contributed by atoms with E-state index in [9.17, 15) is 0 Å². The first-order valence-electron chi connectivity index (χ1n) is 3.61. The van der Waals surface area contributed by atoms with Crippen LogP contribution in [0, 0.1) is 0 Å². The summed E-state index contributed by atoms with van der Waals surface area (Å²) >= 11 is 5.81. The predicted molar refractivity (Wildman–Crippen MR) is 46.5 cm³/mol. The van der Waals surface area contributed by atoms with Crippen LogP contribution in [-0.4, -0.2) is 4.98 Å². The SMILES string of the molecule is CCC(N)c1cccnc1Cl. The molecule has 0 bridgehead atoms. The first-order valence-corrected chi connectivity index (χ1v) is 3.99. The lowest BCUT2D eigenvalue weighted by atomic mass is 10.1. The lowest BCUT2D eigenvalue weighted by molar-refractivity contribution is 0.695. The number of hydrogen-bond donors (Lipinski definition) is 1. The molecule has 11 heavy (non-hydrogen) atoms. The van der Waals surface area contributed by atoms with Gasteiger partial charge in [-0.25, -0.2) is 4.98 Å². The summed E-state index contributed by atoms with van der Waals surface area (Å²) in [5.41, 5.74) is 6.70. The molecule has 1 rings (SSSR count). The lowest BCUT2D eigenvalue weighted by Crippen LogP contribution is -2.09. The van der Waals surface area contributed by atoms with Crippen molar-refractivity contribution in [2.24, 2.45) is 5.73 Å². The molecule has 1 aromatic heterocycles. The predicted octanol–water partition coefficient (Wildman–Crippen LogP) is 2.14. The van der Waals surface area contributed by atoms with Gasteiger partial charge in [-0.2, -0.15) is 0 Å². The van der Waals surface area contributed by atoms with Crippen molar-refractivity contribution < 1.29 is 0 Å². The van der Waals surface area contributed by atoms with Gasteiger partial charge in [0.2, 0.25) is 0 Å². The summed E-state index contributed by atoms with van der Waals surface area (Å²) in [6, 6.07) is 3.76. The zero-order valence-electron chi connectivity index (χ0n) is 6.42. The van der Waals surface area contributed by atoms with Crippen LogP contribution in [0.3, 0.4) is 0 Å². The topological polar surface area (TPSA) is 38.9 Å². The Hall–Kier alpha value is -0.600. The van der Waals surface area contributed by atoms with Crippen LogP contribution in [0.4, 0.5) is 0 Å². The van der Waals surface area contributed by atoms with Gasteiger partial charge in [0.1, 0.15) is 5.15 Å². The van der Waals surface area contributed by atoms with Crippen molar-refractivity contribution in [3.05, 3.63) is 29.0 Å². The maximum Gasteiger partial charge on any atom is 0.133 e. The van der Waals surface area contributed by atoms with Gasteiger partial charge in [0.05, 0.1) is 0 Å². The maximum absolute atomic E-state index is 5.81. The molecule has 1 aromatic rings. The van der Waals surface area contributed by atoms with E-state index in [2.05, 4.69) is 4.98 Å². The Morgan fingerprint density at radius 3 is 3.00 bits per heavy atom. The van der Waals surface area contributed by atoms with Crippen LogP contribution in [0.2, 0.25) is 5.15 Å². The molecule has 60 valence electrons. The fourth-order valence-corrected chi connectivity index (χ4v) is 1.15. The highest BCUT2D eigenvalue weighted by molar-refractivity contribution is 6.30. The number of pyridine rings is 1. The monoisotopic (exact) mass is 170 g/mol. The molecular weight excluding hydrogens is 160 g/mol. The van der Waals surface area contributed by atoms with Gasteiger partial charge in [-0.1, -0.05) is 24.6 Å². The van der Waals surface area contributed by atoms with E-state index in [0.29, 0.717) is 5.15 Å². The Kier molecular flexibility index (Phi) is 2.85. The van der Waals surface area contributed by atoms with Crippen molar-refractivity contribution in [2.75, 3.05) is 0 Å². The minimum atomic E-state index is 0.0104. The minimum Gasteiger partial charge on any atom is -0.324 e. The highest BCUT2D eigenvalue weighted by atomic mass is 35.5. The van der Waals surface area contributed by atoms with Gasteiger partial charge >= 0.3 is 0 Å². The van der Waals surface area contributed by atoms with Gasteiger partial charge in [-0.3, -0.25) is 0 Å². The van der Waals surface area contributed by atoms with Crippen molar-refractivity contribution in [2.45, 2.75) is 19.4 Å². The number of nitrogens with two attached hydrogens (primary N) is 1. The molecule has 0 saturated carbocycles. The zero-order chi connectivity index (χ0) is 8.27. The van der Waals surface area contributed by atoms with Crippen LogP contribution in [0.5, 0.6) is 0 Å².